The Morgan fingerprint density at radius 1 is 1.29 bits per heavy atom. The maximum Gasteiger partial charge on any atom is 0.329 e. The molecule has 110 valence electrons. The number of imidazole rings is 1. The van der Waals surface area contributed by atoms with Gasteiger partial charge >= 0.3 is 6.03 Å². The number of urea groups is 1. The van der Waals surface area contributed by atoms with Gasteiger partial charge in [-0.25, -0.2) is 9.78 Å². The molecule has 2 aromatic rings. The number of carbonyl (C=O) groups is 2. The van der Waals surface area contributed by atoms with Gasteiger partial charge in [-0.15, -0.1) is 0 Å². The van der Waals surface area contributed by atoms with Crippen LogP contribution in [0.5, 0.6) is 0 Å². The Labute approximate surface area is 122 Å². The van der Waals surface area contributed by atoms with E-state index in [-0.39, 0.29) is 11.3 Å². The maximum atomic E-state index is 11.9. The molecule has 1 aliphatic heterocycles. The van der Waals surface area contributed by atoms with Crippen molar-refractivity contribution in [1.29, 1.82) is 0 Å². The summed E-state index contributed by atoms with van der Waals surface area (Å²) in [6.07, 6.45) is 3.89. The van der Waals surface area contributed by atoms with Crippen LogP contribution in [0, 0.1) is 0 Å². The second kappa shape index (κ2) is 4.58. The minimum Gasteiger partial charge on any atom is -0.286 e. The zero-order chi connectivity index (χ0) is 15.2. The van der Waals surface area contributed by atoms with Crippen molar-refractivity contribution >= 4 is 23.4 Å². The molecule has 0 bridgehead atoms. The number of hydrogen-bond donors (Lipinski definition) is 1. The summed E-state index contributed by atoms with van der Waals surface area (Å²) in [5.74, 6) is 0.440. The lowest BCUT2D eigenvalue weighted by Gasteiger charge is -2.26. The van der Waals surface area contributed by atoms with Crippen molar-refractivity contribution in [3.63, 3.8) is 0 Å². The number of carbonyl (C=O) groups excluding carboxylic acids is 2. The molecule has 0 aromatic carbocycles. The summed E-state index contributed by atoms with van der Waals surface area (Å²) in [4.78, 5) is 29.1. The van der Waals surface area contributed by atoms with Crippen LogP contribution < -0.4 is 10.2 Å². The number of nitrogens with one attached hydrogen (secondary N) is 1. The minimum absolute atomic E-state index is 0.0444. The summed E-state index contributed by atoms with van der Waals surface area (Å²) < 4.78 is 1.87. The lowest BCUT2D eigenvalue weighted by atomic mass is 9.88. The van der Waals surface area contributed by atoms with Gasteiger partial charge in [-0.05, 0) is 23.1 Å². The number of aromatic nitrogens is 2. The van der Waals surface area contributed by atoms with Crippen molar-refractivity contribution in [3.8, 4) is 0 Å². The second-order valence-corrected chi connectivity index (χ2v) is 6.26. The highest BCUT2D eigenvalue weighted by Crippen LogP contribution is 2.25. The molecule has 6 nitrogen and oxygen atoms in total. The predicted molar refractivity (Wildman–Crippen MR) is 79.4 cm³/mol. The van der Waals surface area contributed by atoms with E-state index < -0.39 is 6.03 Å². The molecule has 1 saturated heterocycles. The summed E-state index contributed by atoms with van der Waals surface area (Å²) >= 11 is 0. The molecule has 1 fully saturated rings. The Balaban J connectivity index is 2.01. The van der Waals surface area contributed by atoms with E-state index >= 15 is 0 Å². The van der Waals surface area contributed by atoms with E-state index in [0.717, 1.165) is 5.65 Å². The van der Waals surface area contributed by atoms with Crippen LogP contribution in [0.25, 0.3) is 5.65 Å². The highest BCUT2D eigenvalue weighted by Gasteiger charge is 2.26. The van der Waals surface area contributed by atoms with Crippen LogP contribution in [0.15, 0.2) is 24.5 Å². The van der Waals surface area contributed by atoms with Gasteiger partial charge in [0.2, 0.25) is 5.91 Å². The first-order valence-corrected chi connectivity index (χ1v) is 6.95. The SMILES string of the molecule is CC(C)(C)c1ccn2c(N3CCC(=O)NC3=O)cnc2c1. The zero-order valence-electron chi connectivity index (χ0n) is 12.4. The molecular formula is C15H18N4O2. The number of imide groups is 1. The van der Waals surface area contributed by atoms with E-state index in [0.29, 0.717) is 18.8 Å². The molecule has 0 saturated carbocycles. The van der Waals surface area contributed by atoms with Crippen molar-refractivity contribution in [1.82, 2.24) is 14.7 Å². The Morgan fingerprint density at radius 2 is 2.05 bits per heavy atom. The number of amides is 3. The summed E-state index contributed by atoms with van der Waals surface area (Å²) in [6.45, 7) is 6.81. The molecule has 0 aliphatic carbocycles. The van der Waals surface area contributed by atoms with Crippen LogP contribution in [0.1, 0.15) is 32.8 Å². The van der Waals surface area contributed by atoms with Crippen molar-refractivity contribution in [2.24, 2.45) is 0 Å². The zero-order valence-corrected chi connectivity index (χ0v) is 12.4. The highest BCUT2D eigenvalue weighted by atomic mass is 16.2. The van der Waals surface area contributed by atoms with Crippen LogP contribution in [0.4, 0.5) is 10.6 Å². The molecule has 0 spiro atoms. The predicted octanol–water partition coefficient (Wildman–Crippen LogP) is 2.08. The average Bonchev–Trinajstić information content (AvgIpc) is 2.80. The average molecular weight is 286 g/mol. The Hall–Kier alpha value is -2.37. The van der Waals surface area contributed by atoms with Gasteiger partial charge in [-0.3, -0.25) is 19.4 Å². The van der Waals surface area contributed by atoms with E-state index in [1.54, 1.807) is 6.20 Å². The van der Waals surface area contributed by atoms with Crippen molar-refractivity contribution in [2.75, 3.05) is 11.4 Å². The molecule has 21 heavy (non-hydrogen) atoms. The van der Waals surface area contributed by atoms with Crippen LogP contribution in [-0.4, -0.2) is 27.9 Å². The Kier molecular flexibility index (Phi) is 2.97. The molecule has 0 unspecified atom stereocenters. The molecule has 3 amide bonds. The van der Waals surface area contributed by atoms with Gasteiger partial charge < -0.3 is 0 Å². The number of pyridine rings is 1. The topological polar surface area (TPSA) is 66.7 Å². The largest absolute Gasteiger partial charge is 0.329 e. The molecule has 2 aromatic heterocycles. The van der Waals surface area contributed by atoms with Crippen LogP contribution >= 0.6 is 0 Å². The lowest BCUT2D eigenvalue weighted by molar-refractivity contribution is -0.120. The molecule has 1 aliphatic rings. The van der Waals surface area contributed by atoms with E-state index in [1.165, 1.54) is 10.5 Å². The van der Waals surface area contributed by atoms with Gasteiger partial charge in [0.25, 0.3) is 0 Å². The molecule has 0 radical (unpaired) electrons. The van der Waals surface area contributed by atoms with Crippen LogP contribution in [0.2, 0.25) is 0 Å². The third kappa shape index (κ3) is 2.37. The quantitative estimate of drug-likeness (QED) is 0.872. The molecule has 1 N–H and O–H groups in total. The monoisotopic (exact) mass is 286 g/mol. The Morgan fingerprint density at radius 3 is 2.71 bits per heavy atom. The highest BCUT2D eigenvalue weighted by molar-refractivity contribution is 6.05. The molecule has 6 heteroatoms. The van der Waals surface area contributed by atoms with Gasteiger partial charge in [-0.2, -0.15) is 0 Å². The fourth-order valence-electron chi connectivity index (χ4n) is 2.42. The summed E-state index contributed by atoms with van der Waals surface area (Å²) in [7, 11) is 0. The summed E-state index contributed by atoms with van der Waals surface area (Å²) in [5.41, 5.74) is 2.02. The number of rotatable bonds is 1. The smallest absolute Gasteiger partial charge is 0.286 e. The Bertz CT molecular complexity index is 727. The summed E-state index contributed by atoms with van der Waals surface area (Å²) in [5, 5.41) is 2.32. The first-order chi connectivity index (χ1) is 9.86. The van der Waals surface area contributed by atoms with E-state index in [9.17, 15) is 9.59 Å². The number of nitrogens with zero attached hydrogens (tertiary/aromatic N) is 3. The van der Waals surface area contributed by atoms with Crippen LogP contribution in [0.3, 0.4) is 0 Å². The van der Waals surface area contributed by atoms with Gasteiger partial charge in [0.05, 0.1) is 6.20 Å². The third-order valence-electron chi connectivity index (χ3n) is 3.69. The van der Waals surface area contributed by atoms with Gasteiger partial charge in [0.15, 0.2) is 0 Å². The maximum absolute atomic E-state index is 11.9. The molecule has 3 rings (SSSR count). The fourth-order valence-corrected chi connectivity index (χ4v) is 2.42. The van der Waals surface area contributed by atoms with Gasteiger partial charge in [0.1, 0.15) is 11.5 Å². The van der Waals surface area contributed by atoms with Gasteiger partial charge in [0, 0.05) is 19.2 Å². The number of anilines is 1. The molecule has 3 heterocycles. The second-order valence-electron chi connectivity index (χ2n) is 6.26. The van der Waals surface area contributed by atoms with Gasteiger partial charge in [-0.1, -0.05) is 20.8 Å². The van der Waals surface area contributed by atoms with E-state index in [2.05, 4.69) is 31.1 Å². The minimum atomic E-state index is -0.395. The first kappa shape index (κ1) is 13.6. The van der Waals surface area contributed by atoms with Crippen molar-refractivity contribution in [3.05, 3.63) is 30.1 Å². The lowest BCUT2D eigenvalue weighted by Crippen LogP contribution is -2.50. The van der Waals surface area contributed by atoms with Crippen LogP contribution in [-0.2, 0) is 10.2 Å². The standard InChI is InChI=1S/C15H18N4O2/c1-15(2,3)10-4-6-18-11(8-10)16-9-13(18)19-7-5-12(20)17-14(19)21/h4,6,8-9H,5,7H2,1-3H3,(H,17,20,21). The van der Waals surface area contributed by atoms with E-state index in [1.807, 2.05) is 22.7 Å². The normalized spacial score (nSPS) is 16.4. The number of hydrogen-bond acceptors (Lipinski definition) is 3. The van der Waals surface area contributed by atoms with Crippen molar-refractivity contribution in [2.45, 2.75) is 32.6 Å². The fraction of sp³-hybridized carbons (Fsp3) is 0.400. The third-order valence-corrected chi connectivity index (χ3v) is 3.69. The molecule has 0 atom stereocenters. The van der Waals surface area contributed by atoms with Crippen molar-refractivity contribution < 1.29 is 9.59 Å². The first-order valence-electron chi connectivity index (χ1n) is 6.95. The summed E-state index contributed by atoms with van der Waals surface area (Å²) in [6, 6.07) is 3.66. The molecular weight excluding hydrogens is 268 g/mol. The number of fused-ring (bicyclic) bond motifs is 1. The van der Waals surface area contributed by atoms with E-state index in [4.69, 9.17) is 0 Å².